The van der Waals surface area contributed by atoms with Crippen LogP contribution >= 0.6 is 0 Å². The third-order valence-electron chi connectivity index (χ3n) is 2.42. The van der Waals surface area contributed by atoms with Crippen LogP contribution < -0.4 is 4.74 Å². The van der Waals surface area contributed by atoms with E-state index < -0.39 is 0 Å². The van der Waals surface area contributed by atoms with Gasteiger partial charge in [0.15, 0.2) is 0 Å². The minimum absolute atomic E-state index is 0.132. The van der Waals surface area contributed by atoms with Crippen molar-refractivity contribution in [2.24, 2.45) is 0 Å². The fraction of sp³-hybridized carbons (Fsp3) is 0.533. The summed E-state index contributed by atoms with van der Waals surface area (Å²) in [5, 5.41) is 8.64. The SMILES string of the molecule is COCCCCC#Cc1ccc(OCCCO)nc1. The zero-order valence-electron chi connectivity index (χ0n) is 11.4. The number of hydrogen-bond donors (Lipinski definition) is 1. The Morgan fingerprint density at radius 2 is 2.11 bits per heavy atom. The molecule has 0 aliphatic carbocycles. The van der Waals surface area contributed by atoms with Crippen LogP contribution in [0.5, 0.6) is 5.88 Å². The van der Waals surface area contributed by atoms with Crippen LogP contribution in [0.3, 0.4) is 0 Å². The van der Waals surface area contributed by atoms with Crippen LogP contribution in [-0.2, 0) is 4.74 Å². The van der Waals surface area contributed by atoms with Gasteiger partial charge in [-0.05, 0) is 18.9 Å². The smallest absolute Gasteiger partial charge is 0.213 e. The second-order valence-corrected chi connectivity index (χ2v) is 4.06. The number of aromatic nitrogens is 1. The van der Waals surface area contributed by atoms with Crippen LogP contribution in [0.4, 0.5) is 0 Å². The topological polar surface area (TPSA) is 51.6 Å². The maximum Gasteiger partial charge on any atom is 0.213 e. The fourth-order valence-electron chi connectivity index (χ4n) is 1.41. The Kier molecular flexibility index (Phi) is 8.45. The van der Waals surface area contributed by atoms with Crippen molar-refractivity contribution < 1.29 is 14.6 Å². The number of ether oxygens (including phenoxy) is 2. The van der Waals surface area contributed by atoms with E-state index >= 15 is 0 Å². The van der Waals surface area contributed by atoms with Gasteiger partial charge in [0, 0.05) is 51.0 Å². The van der Waals surface area contributed by atoms with Gasteiger partial charge in [-0.1, -0.05) is 11.8 Å². The number of hydrogen-bond acceptors (Lipinski definition) is 4. The molecule has 0 atom stereocenters. The second kappa shape index (κ2) is 10.4. The number of aliphatic hydroxyl groups is 1. The molecule has 19 heavy (non-hydrogen) atoms. The summed E-state index contributed by atoms with van der Waals surface area (Å²) in [5.41, 5.74) is 0.890. The van der Waals surface area contributed by atoms with Crippen molar-refractivity contribution in [3.8, 4) is 17.7 Å². The Hall–Kier alpha value is -1.57. The monoisotopic (exact) mass is 263 g/mol. The van der Waals surface area contributed by atoms with Crippen molar-refractivity contribution in [3.63, 3.8) is 0 Å². The van der Waals surface area contributed by atoms with E-state index in [1.807, 2.05) is 6.07 Å². The summed E-state index contributed by atoms with van der Waals surface area (Å²) in [7, 11) is 1.71. The summed E-state index contributed by atoms with van der Waals surface area (Å²) in [6.07, 6.45) is 5.29. The lowest BCUT2D eigenvalue weighted by Crippen LogP contribution is -2.00. The van der Waals surface area contributed by atoms with E-state index in [9.17, 15) is 0 Å². The molecule has 0 aliphatic heterocycles. The molecule has 1 aromatic rings. The molecule has 104 valence electrons. The van der Waals surface area contributed by atoms with E-state index in [1.165, 1.54) is 0 Å². The molecule has 1 heterocycles. The zero-order chi connectivity index (χ0) is 13.8. The van der Waals surface area contributed by atoms with E-state index in [1.54, 1.807) is 19.4 Å². The molecule has 0 fully saturated rings. The molecule has 0 unspecified atom stereocenters. The van der Waals surface area contributed by atoms with Crippen LogP contribution in [0.25, 0.3) is 0 Å². The highest BCUT2D eigenvalue weighted by atomic mass is 16.5. The average Bonchev–Trinajstić information content (AvgIpc) is 2.44. The summed E-state index contributed by atoms with van der Waals surface area (Å²) in [6, 6.07) is 3.69. The molecule has 1 aromatic heterocycles. The van der Waals surface area contributed by atoms with Gasteiger partial charge < -0.3 is 14.6 Å². The highest BCUT2D eigenvalue weighted by molar-refractivity contribution is 5.33. The Morgan fingerprint density at radius 3 is 2.79 bits per heavy atom. The minimum Gasteiger partial charge on any atom is -0.478 e. The molecule has 0 aromatic carbocycles. The lowest BCUT2D eigenvalue weighted by molar-refractivity contribution is 0.193. The highest BCUT2D eigenvalue weighted by Gasteiger charge is 1.94. The predicted octanol–water partition coefficient (Wildman–Crippen LogP) is 2.01. The molecule has 0 amide bonds. The van der Waals surface area contributed by atoms with Crippen molar-refractivity contribution in [2.45, 2.75) is 25.7 Å². The summed E-state index contributed by atoms with van der Waals surface area (Å²) in [4.78, 5) is 4.15. The first-order valence-electron chi connectivity index (χ1n) is 6.54. The first kappa shape index (κ1) is 15.5. The summed E-state index contributed by atoms with van der Waals surface area (Å²) in [6.45, 7) is 1.41. The molecular weight excluding hydrogens is 242 g/mol. The van der Waals surface area contributed by atoms with E-state index in [0.717, 1.165) is 31.4 Å². The Morgan fingerprint density at radius 1 is 1.21 bits per heavy atom. The molecule has 0 saturated carbocycles. The van der Waals surface area contributed by atoms with Gasteiger partial charge in [0.05, 0.1) is 6.61 Å². The highest BCUT2D eigenvalue weighted by Crippen LogP contribution is 2.07. The van der Waals surface area contributed by atoms with Gasteiger partial charge in [-0.15, -0.1) is 0 Å². The van der Waals surface area contributed by atoms with E-state index in [2.05, 4.69) is 16.8 Å². The summed E-state index contributed by atoms with van der Waals surface area (Å²) < 4.78 is 10.3. The van der Waals surface area contributed by atoms with Gasteiger partial charge in [0.2, 0.25) is 5.88 Å². The van der Waals surface area contributed by atoms with Crippen LogP contribution in [0.15, 0.2) is 18.3 Å². The maximum absolute atomic E-state index is 8.64. The molecule has 0 aliphatic rings. The van der Waals surface area contributed by atoms with Crippen LogP contribution in [0.2, 0.25) is 0 Å². The van der Waals surface area contributed by atoms with Crippen LogP contribution in [0, 0.1) is 11.8 Å². The Bertz CT molecular complexity index is 392. The van der Waals surface area contributed by atoms with Gasteiger partial charge in [-0.25, -0.2) is 4.98 Å². The van der Waals surface area contributed by atoms with E-state index in [0.29, 0.717) is 18.9 Å². The first-order chi connectivity index (χ1) is 9.36. The van der Waals surface area contributed by atoms with Crippen molar-refractivity contribution >= 4 is 0 Å². The number of methoxy groups -OCH3 is 1. The molecule has 0 bridgehead atoms. The normalized spacial score (nSPS) is 9.79. The number of rotatable bonds is 8. The molecule has 4 heteroatoms. The standard InChI is InChI=1S/C15H21NO3/c1-18-11-5-3-2-4-7-14-8-9-15(16-13-14)19-12-6-10-17/h8-9,13,17H,2-3,5-6,10-12H2,1H3. The first-order valence-corrected chi connectivity index (χ1v) is 6.54. The number of aliphatic hydroxyl groups excluding tert-OH is 1. The molecule has 1 rings (SSSR count). The van der Waals surface area contributed by atoms with Crippen molar-refractivity contribution in [1.82, 2.24) is 4.98 Å². The van der Waals surface area contributed by atoms with Crippen LogP contribution in [0.1, 0.15) is 31.2 Å². The van der Waals surface area contributed by atoms with Gasteiger partial charge in [0.25, 0.3) is 0 Å². The van der Waals surface area contributed by atoms with Crippen LogP contribution in [-0.4, -0.2) is 37.0 Å². The molecule has 1 N–H and O–H groups in total. The van der Waals surface area contributed by atoms with Gasteiger partial charge >= 0.3 is 0 Å². The Balaban J connectivity index is 2.29. The predicted molar refractivity (Wildman–Crippen MR) is 74.0 cm³/mol. The Labute approximate surface area is 114 Å². The van der Waals surface area contributed by atoms with Crippen molar-refractivity contribution in [3.05, 3.63) is 23.9 Å². The molecule has 4 nitrogen and oxygen atoms in total. The lowest BCUT2D eigenvalue weighted by Gasteiger charge is -2.02. The fourth-order valence-corrected chi connectivity index (χ4v) is 1.41. The van der Waals surface area contributed by atoms with E-state index in [-0.39, 0.29) is 6.61 Å². The number of pyridine rings is 1. The minimum atomic E-state index is 0.132. The summed E-state index contributed by atoms with van der Waals surface area (Å²) >= 11 is 0. The number of unbranched alkanes of at least 4 members (excludes halogenated alkanes) is 2. The number of nitrogens with zero attached hydrogens (tertiary/aromatic N) is 1. The largest absolute Gasteiger partial charge is 0.478 e. The van der Waals surface area contributed by atoms with Gasteiger partial charge in [0.1, 0.15) is 0 Å². The zero-order valence-corrected chi connectivity index (χ0v) is 11.4. The molecule has 0 spiro atoms. The van der Waals surface area contributed by atoms with Gasteiger partial charge in [-0.3, -0.25) is 0 Å². The molecule has 0 radical (unpaired) electrons. The second-order valence-electron chi connectivity index (χ2n) is 4.06. The quantitative estimate of drug-likeness (QED) is 0.576. The molecule has 0 saturated heterocycles. The van der Waals surface area contributed by atoms with Crippen molar-refractivity contribution in [1.29, 1.82) is 0 Å². The third kappa shape index (κ3) is 7.45. The average molecular weight is 263 g/mol. The van der Waals surface area contributed by atoms with Gasteiger partial charge in [-0.2, -0.15) is 0 Å². The van der Waals surface area contributed by atoms with Crippen molar-refractivity contribution in [2.75, 3.05) is 26.9 Å². The lowest BCUT2D eigenvalue weighted by atomic mass is 10.2. The van der Waals surface area contributed by atoms with E-state index in [4.69, 9.17) is 14.6 Å². The third-order valence-corrected chi connectivity index (χ3v) is 2.42. The summed E-state index contributed by atoms with van der Waals surface area (Å²) in [5.74, 6) is 6.75. The maximum atomic E-state index is 8.64. The molecular formula is C15H21NO3.